The molecule has 1 heterocycles. The molecule has 0 aliphatic carbocycles. The number of aromatic nitrogens is 1. The predicted molar refractivity (Wildman–Crippen MR) is 51.0 cm³/mol. The highest BCUT2D eigenvalue weighted by Gasteiger charge is 2.23. The van der Waals surface area contributed by atoms with Crippen LogP contribution in [0.4, 0.5) is 4.39 Å². The number of hydrogen-bond donors (Lipinski definition) is 3. The van der Waals surface area contributed by atoms with E-state index < -0.39 is 18.8 Å². The fraction of sp³-hybridized carbons (Fsp3) is 0.167. The van der Waals surface area contributed by atoms with E-state index >= 15 is 0 Å². The van der Waals surface area contributed by atoms with Crippen LogP contribution in [0.2, 0.25) is 0 Å². The van der Waals surface area contributed by atoms with Crippen LogP contribution in [0.1, 0.15) is 5.56 Å². The standard InChI is InChI=1S/C6H8FN2O3P.ClH/c7-5-1-4(2-8)3-9-6(5)13(10,11)12;/h1,3H,2,8H2,(H2,10,11,12);1H. The molecule has 0 aliphatic heterocycles. The normalized spacial score (nSPS) is 10.9. The molecule has 1 rings (SSSR count). The van der Waals surface area contributed by atoms with Crippen LogP contribution in [0.5, 0.6) is 0 Å². The third-order valence-corrected chi connectivity index (χ3v) is 2.27. The lowest BCUT2D eigenvalue weighted by Gasteiger charge is -2.04. The van der Waals surface area contributed by atoms with Crippen molar-refractivity contribution in [2.24, 2.45) is 5.73 Å². The number of hydrogen-bond acceptors (Lipinski definition) is 3. The molecule has 0 saturated heterocycles. The highest BCUT2D eigenvalue weighted by Crippen LogP contribution is 2.32. The molecular formula is C6H9ClFN2O3P. The smallest absolute Gasteiger partial charge is 0.326 e. The van der Waals surface area contributed by atoms with Gasteiger partial charge < -0.3 is 15.5 Å². The molecule has 0 atom stereocenters. The Labute approximate surface area is 85.7 Å². The fourth-order valence-electron chi connectivity index (χ4n) is 0.796. The summed E-state index contributed by atoms with van der Waals surface area (Å²) in [6.45, 7) is 0.0748. The van der Waals surface area contributed by atoms with Gasteiger partial charge in [0.2, 0.25) is 0 Å². The van der Waals surface area contributed by atoms with E-state index in [0.717, 1.165) is 12.3 Å². The first kappa shape index (κ1) is 13.5. The van der Waals surface area contributed by atoms with Crippen molar-refractivity contribution in [2.45, 2.75) is 6.54 Å². The second-order valence-corrected chi connectivity index (χ2v) is 3.91. The summed E-state index contributed by atoms with van der Waals surface area (Å²) in [6, 6.07) is 0.960. The first-order chi connectivity index (χ1) is 5.95. The molecule has 5 nitrogen and oxygen atoms in total. The number of halogens is 2. The van der Waals surface area contributed by atoms with Gasteiger partial charge in [0.1, 0.15) is 0 Å². The largest absolute Gasteiger partial charge is 0.377 e. The maximum absolute atomic E-state index is 12.9. The topological polar surface area (TPSA) is 96.4 Å². The van der Waals surface area contributed by atoms with Gasteiger partial charge in [-0.1, -0.05) is 0 Å². The summed E-state index contributed by atoms with van der Waals surface area (Å²) in [4.78, 5) is 20.5. The zero-order valence-corrected chi connectivity index (χ0v) is 8.63. The number of nitrogens with two attached hydrogens (primary N) is 1. The molecule has 0 amide bonds. The Balaban J connectivity index is 0.00000169. The van der Waals surface area contributed by atoms with Crippen LogP contribution in [0, 0.1) is 5.82 Å². The second-order valence-electron chi connectivity index (χ2n) is 2.40. The fourth-order valence-corrected chi connectivity index (χ4v) is 1.35. The minimum absolute atomic E-state index is 0. The van der Waals surface area contributed by atoms with Gasteiger partial charge in [0.05, 0.1) is 0 Å². The van der Waals surface area contributed by atoms with Crippen molar-refractivity contribution in [2.75, 3.05) is 0 Å². The molecule has 0 bridgehead atoms. The van der Waals surface area contributed by atoms with Gasteiger partial charge in [-0.2, -0.15) is 0 Å². The Hall–Kier alpha value is -0.520. The average Bonchev–Trinajstić information content (AvgIpc) is 2.01. The first-order valence-electron chi connectivity index (χ1n) is 3.35. The first-order valence-corrected chi connectivity index (χ1v) is 4.97. The van der Waals surface area contributed by atoms with Crippen LogP contribution in [0.3, 0.4) is 0 Å². The molecule has 4 N–H and O–H groups in total. The molecule has 0 unspecified atom stereocenters. The molecule has 8 heteroatoms. The Kier molecular flexibility index (Phi) is 4.64. The van der Waals surface area contributed by atoms with Crippen molar-refractivity contribution in [3.63, 3.8) is 0 Å². The molecule has 0 aromatic carbocycles. The SMILES string of the molecule is Cl.NCc1cnc(P(=O)(O)O)c(F)c1. The summed E-state index contributed by atoms with van der Waals surface area (Å²) in [5, 5.41) is 0. The van der Waals surface area contributed by atoms with Gasteiger partial charge >= 0.3 is 7.60 Å². The van der Waals surface area contributed by atoms with Gasteiger partial charge in [0.15, 0.2) is 11.3 Å². The molecule has 0 fully saturated rings. The molecule has 0 aliphatic rings. The van der Waals surface area contributed by atoms with E-state index in [1.165, 1.54) is 0 Å². The monoisotopic (exact) mass is 242 g/mol. The quantitative estimate of drug-likeness (QED) is 0.630. The van der Waals surface area contributed by atoms with Crippen molar-refractivity contribution in [1.29, 1.82) is 0 Å². The highest BCUT2D eigenvalue weighted by atomic mass is 35.5. The molecule has 0 spiro atoms. The summed E-state index contributed by atoms with van der Waals surface area (Å²) in [6.07, 6.45) is 1.14. The van der Waals surface area contributed by atoms with Gasteiger partial charge in [-0.3, -0.25) is 4.57 Å². The van der Waals surface area contributed by atoms with Crippen LogP contribution in [-0.2, 0) is 11.1 Å². The Morgan fingerprint density at radius 2 is 2.14 bits per heavy atom. The summed E-state index contributed by atoms with van der Waals surface area (Å²) in [7, 11) is -4.61. The minimum atomic E-state index is -4.61. The zero-order valence-electron chi connectivity index (χ0n) is 6.92. The maximum Gasteiger partial charge on any atom is 0.377 e. The van der Waals surface area contributed by atoms with Crippen LogP contribution in [0.15, 0.2) is 12.3 Å². The molecule has 14 heavy (non-hydrogen) atoms. The van der Waals surface area contributed by atoms with E-state index in [1.807, 2.05) is 0 Å². The lowest BCUT2D eigenvalue weighted by Crippen LogP contribution is -2.15. The van der Waals surface area contributed by atoms with Gasteiger partial charge in [0, 0.05) is 12.7 Å². The molecule has 80 valence electrons. The van der Waals surface area contributed by atoms with E-state index in [-0.39, 0.29) is 19.0 Å². The average molecular weight is 243 g/mol. The maximum atomic E-state index is 12.9. The van der Waals surface area contributed by atoms with E-state index in [4.69, 9.17) is 15.5 Å². The molecule has 1 aromatic heterocycles. The van der Waals surface area contributed by atoms with E-state index in [2.05, 4.69) is 4.98 Å². The number of rotatable bonds is 2. The predicted octanol–water partition coefficient (Wildman–Crippen LogP) is -0.0958. The van der Waals surface area contributed by atoms with Crippen LogP contribution >= 0.6 is 20.0 Å². The van der Waals surface area contributed by atoms with Crippen molar-refractivity contribution in [3.05, 3.63) is 23.6 Å². The van der Waals surface area contributed by atoms with Crippen LogP contribution < -0.4 is 11.2 Å². The van der Waals surface area contributed by atoms with E-state index in [0.29, 0.717) is 5.56 Å². The molecule has 0 saturated carbocycles. The van der Waals surface area contributed by atoms with Crippen LogP contribution in [-0.4, -0.2) is 14.8 Å². The van der Waals surface area contributed by atoms with Crippen molar-refractivity contribution in [3.8, 4) is 0 Å². The summed E-state index contributed by atoms with van der Waals surface area (Å²) in [5.41, 5.74) is 4.72. The molecule has 1 aromatic rings. The van der Waals surface area contributed by atoms with Crippen molar-refractivity contribution < 1.29 is 18.7 Å². The Bertz CT molecular complexity index is 370. The van der Waals surface area contributed by atoms with E-state index in [9.17, 15) is 8.96 Å². The summed E-state index contributed by atoms with van der Waals surface area (Å²) in [5.74, 6) is -1.03. The van der Waals surface area contributed by atoms with Gasteiger partial charge in [-0.15, -0.1) is 12.4 Å². The van der Waals surface area contributed by atoms with Gasteiger partial charge in [0.25, 0.3) is 0 Å². The molecular weight excluding hydrogens is 234 g/mol. The second kappa shape index (κ2) is 4.82. The minimum Gasteiger partial charge on any atom is -0.326 e. The third kappa shape index (κ3) is 3.01. The Morgan fingerprint density at radius 3 is 2.50 bits per heavy atom. The van der Waals surface area contributed by atoms with E-state index in [1.54, 1.807) is 0 Å². The van der Waals surface area contributed by atoms with Gasteiger partial charge in [-0.05, 0) is 11.6 Å². The van der Waals surface area contributed by atoms with Crippen molar-refractivity contribution in [1.82, 2.24) is 4.98 Å². The highest BCUT2D eigenvalue weighted by molar-refractivity contribution is 7.60. The number of pyridine rings is 1. The number of nitrogens with zero attached hydrogens (tertiary/aromatic N) is 1. The molecule has 0 radical (unpaired) electrons. The van der Waals surface area contributed by atoms with Crippen LogP contribution in [0.25, 0.3) is 0 Å². The van der Waals surface area contributed by atoms with Gasteiger partial charge in [-0.25, -0.2) is 9.37 Å². The zero-order chi connectivity index (χ0) is 10.1. The Morgan fingerprint density at radius 1 is 1.57 bits per heavy atom. The third-order valence-electron chi connectivity index (χ3n) is 1.39. The lowest BCUT2D eigenvalue weighted by molar-refractivity contribution is 0.384. The van der Waals surface area contributed by atoms with Crippen molar-refractivity contribution >= 4 is 25.4 Å². The summed E-state index contributed by atoms with van der Waals surface area (Å²) >= 11 is 0. The summed E-state index contributed by atoms with van der Waals surface area (Å²) < 4.78 is 23.5. The lowest BCUT2D eigenvalue weighted by atomic mass is 10.3.